The Labute approximate surface area is 129 Å². The van der Waals surface area contributed by atoms with Crippen LogP contribution in [0.3, 0.4) is 0 Å². The Bertz CT molecular complexity index is 628. The monoisotopic (exact) mass is 307 g/mol. The van der Waals surface area contributed by atoms with Crippen LogP contribution in [-0.4, -0.2) is 6.04 Å². The number of benzene rings is 2. The number of rotatable bonds is 5. The second-order valence-corrected chi connectivity index (χ2v) is 5.71. The van der Waals surface area contributed by atoms with E-state index in [0.717, 1.165) is 12.1 Å². The Morgan fingerprint density at radius 1 is 1.19 bits per heavy atom. The largest absolute Gasteiger partial charge is 0.456 e. The fraction of sp³-hybridized carbons (Fsp3) is 0.294. The molecule has 112 valence electrons. The standard InChI is InChI=1S/C17H19ClFNO/c1-11(2)20-10-13-4-6-15(8-12(13)3)21-17-7-5-14(19)9-16(17)18/h4-9,11,20H,10H2,1-3H3. The quantitative estimate of drug-likeness (QED) is 0.832. The van der Waals surface area contributed by atoms with Crippen molar-refractivity contribution in [3.8, 4) is 11.5 Å². The highest BCUT2D eigenvalue weighted by Crippen LogP contribution is 2.30. The Kier molecular flexibility index (Phi) is 5.21. The fourth-order valence-corrected chi connectivity index (χ4v) is 2.14. The van der Waals surface area contributed by atoms with E-state index in [1.165, 1.54) is 23.8 Å². The molecule has 0 aliphatic heterocycles. The average Bonchev–Trinajstić information content (AvgIpc) is 2.41. The van der Waals surface area contributed by atoms with Gasteiger partial charge in [-0.3, -0.25) is 0 Å². The first-order chi connectivity index (χ1) is 9.95. The summed E-state index contributed by atoms with van der Waals surface area (Å²) in [5.41, 5.74) is 2.36. The van der Waals surface area contributed by atoms with Crippen molar-refractivity contribution in [2.45, 2.75) is 33.4 Å². The summed E-state index contributed by atoms with van der Waals surface area (Å²) in [6, 6.07) is 10.4. The Morgan fingerprint density at radius 3 is 2.57 bits per heavy atom. The minimum atomic E-state index is -0.376. The van der Waals surface area contributed by atoms with Gasteiger partial charge in [-0.25, -0.2) is 4.39 Å². The van der Waals surface area contributed by atoms with E-state index >= 15 is 0 Å². The summed E-state index contributed by atoms with van der Waals surface area (Å²) >= 11 is 5.96. The summed E-state index contributed by atoms with van der Waals surface area (Å²) in [6.07, 6.45) is 0. The highest BCUT2D eigenvalue weighted by Gasteiger charge is 2.06. The zero-order valence-electron chi connectivity index (χ0n) is 12.4. The van der Waals surface area contributed by atoms with Crippen LogP contribution in [0.25, 0.3) is 0 Å². The molecule has 2 nitrogen and oxygen atoms in total. The van der Waals surface area contributed by atoms with Crippen LogP contribution in [-0.2, 0) is 6.54 Å². The number of aryl methyl sites for hydroxylation is 1. The van der Waals surface area contributed by atoms with Gasteiger partial charge in [0.1, 0.15) is 17.3 Å². The normalized spacial score (nSPS) is 11.0. The lowest BCUT2D eigenvalue weighted by Crippen LogP contribution is -2.22. The van der Waals surface area contributed by atoms with E-state index in [1.807, 2.05) is 25.1 Å². The molecule has 21 heavy (non-hydrogen) atoms. The third-order valence-corrected chi connectivity index (χ3v) is 3.43. The lowest BCUT2D eigenvalue weighted by atomic mass is 10.1. The van der Waals surface area contributed by atoms with Crippen molar-refractivity contribution in [1.82, 2.24) is 5.32 Å². The molecule has 0 unspecified atom stereocenters. The molecule has 0 aliphatic rings. The van der Waals surface area contributed by atoms with E-state index in [0.29, 0.717) is 17.5 Å². The molecule has 0 saturated carbocycles. The third kappa shape index (κ3) is 4.45. The van der Waals surface area contributed by atoms with E-state index in [1.54, 1.807) is 0 Å². The Morgan fingerprint density at radius 2 is 1.95 bits per heavy atom. The zero-order valence-corrected chi connectivity index (χ0v) is 13.2. The molecule has 0 saturated heterocycles. The van der Waals surface area contributed by atoms with Crippen molar-refractivity contribution in [3.05, 3.63) is 58.4 Å². The first-order valence-corrected chi connectivity index (χ1v) is 7.29. The summed E-state index contributed by atoms with van der Waals surface area (Å²) in [5, 5.41) is 3.65. The highest BCUT2D eigenvalue weighted by molar-refractivity contribution is 6.32. The predicted octanol–water partition coefficient (Wildman–Crippen LogP) is 5.08. The molecule has 0 atom stereocenters. The highest BCUT2D eigenvalue weighted by atomic mass is 35.5. The van der Waals surface area contributed by atoms with Gasteiger partial charge in [-0.2, -0.15) is 0 Å². The smallest absolute Gasteiger partial charge is 0.146 e. The van der Waals surface area contributed by atoms with Gasteiger partial charge in [0.25, 0.3) is 0 Å². The van der Waals surface area contributed by atoms with Crippen LogP contribution in [0.2, 0.25) is 5.02 Å². The van der Waals surface area contributed by atoms with Crippen LogP contribution in [0.5, 0.6) is 11.5 Å². The molecule has 0 heterocycles. The van der Waals surface area contributed by atoms with Crippen LogP contribution in [0.1, 0.15) is 25.0 Å². The molecule has 0 amide bonds. The number of hydrogen-bond acceptors (Lipinski definition) is 2. The average molecular weight is 308 g/mol. The molecule has 0 aliphatic carbocycles. The van der Waals surface area contributed by atoms with Crippen LogP contribution in [0.4, 0.5) is 4.39 Å². The van der Waals surface area contributed by atoms with E-state index < -0.39 is 0 Å². The van der Waals surface area contributed by atoms with E-state index in [-0.39, 0.29) is 10.8 Å². The molecule has 0 radical (unpaired) electrons. The van der Waals surface area contributed by atoms with Crippen molar-refractivity contribution >= 4 is 11.6 Å². The molecule has 1 N–H and O–H groups in total. The van der Waals surface area contributed by atoms with Crippen LogP contribution in [0.15, 0.2) is 36.4 Å². The van der Waals surface area contributed by atoms with Gasteiger partial charge in [-0.1, -0.05) is 31.5 Å². The molecule has 4 heteroatoms. The molecule has 2 aromatic rings. The molecule has 0 bridgehead atoms. The summed E-state index contributed by atoms with van der Waals surface area (Å²) in [5.74, 6) is 0.762. The second kappa shape index (κ2) is 6.92. The summed E-state index contributed by atoms with van der Waals surface area (Å²) in [4.78, 5) is 0. The van der Waals surface area contributed by atoms with Gasteiger partial charge < -0.3 is 10.1 Å². The lowest BCUT2D eigenvalue weighted by molar-refractivity contribution is 0.480. The predicted molar refractivity (Wildman–Crippen MR) is 84.6 cm³/mol. The first-order valence-electron chi connectivity index (χ1n) is 6.91. The zero-order chi connectivity index (χ0) is 15.4. The van der Waals surface area contributed by atoms with Crippen LogP contribution >= 0.6 is 11.6 Å². The summed E-state index contributed by atoms with van der Waals surface area (Å²) in [7, 11) is 0. The van der Waals surface area contributed by atoms with Gasteiger partial charge in [0.05, 0.1) is 5.02 Å². The third-order valence-electron chi connectivity index (χ3n) is 3.14. The number of hydrogen-bond donors (Lipinski definition) is 1. The van der Waals surface area contributed by atoms with E-state index in [4.69, 9.17) is 16.3 Å². The molecule has 2 aromatic carbocycles. The van der Waals surface area contributed by atoms with Crippen LogP contribution < -0.4 is 10.1 Å². The molecule has 0 aromatic heterocycles. The Balaban J connectivity index is 2.12. The van der Waals surface area contributed by atoms with Gasteiger partial charge in [-0.15, -0.1) is 0 Å². The van der Waals surface area contributed by atoms with Crippen molar-refractivity contribution in [2.24, 2.45) is 0 Å². The fourth-order valence-electron chi connectivity index (χ4n) is 1.93. The summed E-state index contributed by atoms with van der Waals surface area (Å²) < 4.78 is 18.7. The maximum atomic E-state index is 13.0. The van der Waals surface area contributed by atoms with Crippen LogP contribution in [0, 0.1) is 12.7 Å². The Hall–Kier alpha value is -1.58. The molecular formula is C17H19ClFNO. The van der Waals surface area contributed by atoms with Gasteiger partial charge in [0.15, 0.2) is 0 Å². The van der Waals surface area contributed by atoms with Crippen molar-refractivity contribution in [2.75, 3.05) is 0 Å². The topological polar surface area (TPSA) is 21.3 Å². The SMILES string of the molecule is Cc1cc(Oc2ccc(F)cc2Cl)ccc1CNC(C)C. The van der Waals surface area contributed by atoms with Crippen molar-refractivity contribution in [1.29, 1.82) is 0 Å². The van der Waals surface area contributed by atoms with Gasteiger partial charge >= 0.3 is 0 Å². The summed E-state index contributed by atoms with van der Waals surface area (Å²) in [6.45, 7) is 7.09. The lowest BCUT2D eigenvalue weighted by Gasteiger charge is -2.13. The second-order valence-electron chi connectivity index (χ2n) is 5.30. The number of nitrogens with one attached hydrogen (secondary N) is 1. The minimum absolute atomic E-state index is 0.262. The van der Waals surface area contributed by atoms with E-state index in [2.05, 4.69) is 19.2 Å². The molecule has 0 fully saturated rings. The number of ether oxygens (including phenoxy) is 1. The number of halogens is 2. The van der Waals surface area contributed by atoms with E-state index in [9.17, 15) is 4.39 Å². The van der Waals surface area contributed by atoms with Crippen molar-refractivity contribution in [3.63, 3.8) is 0 Å². The van der Waals surface area contributed by atoms with Gasteiger partial charge in [0.2, 0.25) is 0 Å². The van der Waals surface area contributed by atoms with Gasteiger partial charge in [0, 0.05) is 12.6 Å². The minimum Gasteiger partial charge on any atom is -0.456 e. The van der Waals surface area contributed by atoms with Gasteiger partial charge in [-0.05, 0) is 48.4 Å². The molecule has 0 spiro atoms. The molecule has 2 rings (SSSR count). The first kappa shape index (κ1) is 15.8. The maximum absolute atomic E-state index is 13.0. The maximum Gasteiger partial charge on any atom is 0.146 e. The molecular weight excluding hydrogens is 289 g/mol. The van der Waals surface area contributed by atoms with Crippen molar-refractivity contribution < 1.29 is 9.13 Å².